The molecule has 7 nitrogen and oxygen atoms in total. The van der Waals surface area contributed by atoms with Gasteiger partial charge in [0.25, 0.3) is 5.91 Å². The quantitative estimate of drug-likeness (QED) is 0.738. The summed E-state index contributed by atoms with van der Waals surface area (Å²) in [5.74, 6) is 0.896. The Morgan fingerprint density at radius 2 is 2.30 bits per heavy atom. The first-order chi connectivity index (χ1) is 10.6. The maximum atomic E-state index is 12.7. The number of hydrogen-bond donors (Lipinski definition) is 1. The molecule has 1 aliphatic heterocycles. The molecule has 0 aromatic carbocycles. The fraction of sp³-hybridized carbons (Fsp3) is 0.733. The zero-order valence-electron chi connectivity index (χ0n) is 14.0. The first-order valence-corrected chi connectivity index (χ1v) is 7.83. The predicted molar refractivity (Wildman–Crippen MR) is 89.7 cm³/mol. The van der Waals surface area contributed by atoms with Crippen LogP contribution in [0.1, 0.15) is 25.7 Å². The molecule has 0 bridgehead atoms. The van der Waals surface area contributed by atoms with Gasteiger partial charge < -0.3 is 24.3 Å². The summed E-state index contributed by atoms with van der Waals surface area (Å²) in [7, 11) is 1.95. The van der Waals surface area contributed by atoms with E-state index in [1.807, 2.05) is 29.6 Å². The molecule has 132 valence electrons. The van der Waals surface area contributed by atoms with Crippen molar-refractivity contribution in [1.29, 1.82) is 0 Å². The highest BCUT2D eigenvalue weighted by molar-refractivity contribution is 5.85. The molecule has 1 saturated heterocycles. The van der Waals surface area contributed by atoms with Gasteiger partial charge in [0.05, 0.1) is 13.2 Å². The molecule has 1 aliphatic rings. The third kappa shape index (κ3) is 5.17. The van der Waals surface area contributed by atoms with E-state index in [1.54, 1.807) is 13.1 Å². The minimum atomic E-state index is -0.471. The number of halogens is 1. The number of aromatic nitrogens is 2. The number of nitrogens with zero attached hydrogens (tertiary/aromatic N) is 3. The van der Waals surface area contributed by atoms with Crippen molar-refractivity contribution in [3.8, 4) is 0 Å². The molecule has 1 fully saturated rings. The van der Waals surface area contributed by atoms with Gasteiger partial charge >= 0.3 is 0 Å². The summed E-state index contributed by atoms with van der Waals surface area (Å²) in [4.78, 5) is 18.9. The molecule has 0 spiro atoms. The number of carbonyl (C=O) groups is 1. The van der Waals surface area contributed by atoms with Gasteiger partial charge in [0, 0.05) is 45.7 Å². The van der Waals surface area contributed by atoms with Crippen molar-refractivity contribution in [2.45, 2.75) is 26.0 Å². The van der Waals surface area contributed by atoms with Crippen LogP contribution in [0.3, 0.4) is 0 Å². The number of amides is 1. The van der Waals surface area contributed by atoms with Gasteiger partial charge in [-0.25, -0.2) is 4.98 Å². The first kappa shape index (κ1) is 19.9. The number of imidazole rings is 1. The lowest BCUT2D eigenvalue weighted by Gasteiger charge is -2.37. The molecule has 1 amide bonds. The topological polar surface area (TPSA) is 68.6 Å². The number of piperazine rings is 1. The van der Waals surface area contributed by atoms with E-state index in [2.05, 4.69) is 10.3 Å². The van der Waals surface area contributed by atoms with E-state index in [-0.39, 0.29) is 24.4 Å². The van der Waals surface area contributed by atoms with E-state index in [1.165, 1.54) is 0 Å². The van der Waals surface area contributed by atoms with Crippen LogP contribution in [0.2, 0.25) is 0 Å². The van der Waals surface area contributed by atoms with Gasteiger partial charge in [-0.05, 0) is 13.8 Å². The van der Waals surface area contributed by atoms with Gasteiger partial charge in [0.2, 0.25) is 0 Å². The van der Waals surface area contributed by atoms with Crippen molar-refractivity contribution >= 4 is 18.3 Å². The summed E-state index contributed by atoms with van der Waals surface area (Å²) in [5.41, 5.74) is 0. The molecular weight excluding hydrogens is 320 g/mol. The Morgan fingerprint density at radius 1 is 1.52 bits per heavy atom. The molecule has 1 aromatic heterocycles. The highest BCUT2D eigenvalue weighted by Crippen LogP contribution is 2.21. The SMILES string of the molecule is CCOCCOC(C)C(=O)N1CCNCC1c1nccn1C.Cl. The molecule has 1 aromatic rings. The third-order valence-electron chi connectivity index (χ3n) is 3.83. The number of ether oxygens (including phenoxy) is 2. The second-order valence-corrected chi connectivity index (χ2v) is 5.36. The van der Waals surface area contributed by atoms with E-state index in [9.17, 15) is 4.79 Å². The van der Waals surface area contributed by atoms with Crippen LogP contribution in [0.25, 0.3) is 0 Å². The van der Waals surface area contributed by atoms with E-state index in [0.717, 1.165) is 12.4 Å². The summed E-state index contributed by atoms with van der Waals surface area (Å²) in [5, 5.41) is 3.33. The fourth-order valence-electron chi connectivity index (χ4n) is 2.63. The summed E-state index contributed by atoms with van der Waals surface area (Å²) in [6.07, 6.45) is 3.18. The number of carbonyl (C=O) groups excluding carboxylic acids is 1. The van der Waals surface area contributed by atoms with Gasteiger partial charge in [0.15, 0.2) is 0 Å². The lowest BCUT2D eigenvalue weighted by Crippen LogP contribution is -2.52. The van der Waals surface area contributed by atoms with Crippen molar-refractivity contribution < 1.29 is 14.3 Å². The van der Waals surface area contributed by atoms with Gasteiger partial charge in [-0.15, -0.1) is 12.4 Å². The van der Waals surface area contributed by atoms with E-state index in [4.69, 9.17) is 9.47 Å². The number of hydrogen-bond acceptors (Lipinski definition) is 5. The molecule has 0 radical (unpaired) electrons. The van der Waals surface area contributed by atoms with Crippen LogP contribution in [0, 0.1) is 0 Å². The molecule has 0 saturated carbocycles. The Balaban J connectivity index is 0.00000264. The van der Waals surface area contributed by atoms with Crippen molar-refractivity contribution in [2.75, 3.05) is 39.5 Å². The second kappa shape index (κ2) is 9.87. The Labute approximate surface area is 143 Å². The number of nitrogens with one attached hydrogen (secondary N) is 1. The smallest absolute Gasteiger partial charge is 0.252 e. The monoisotopic (exact) mass is 346 g/mol. The molecule has 2 atom stereocenters. The van der Waals surface area contributed by atoms with Crippen LogP contribution in [-0.2, 0) is 21.3 Å². The van der Waals surface area contributed by atoms with Gasteiger partial charge in [-0.2, -0.15) is 0 Å². The maximum Gasteiger partial charge on any atom is 0.252 e. The standard InChI is InChI=1S/C15H26N4O3.ClH/c1-4-21-9-10-22-12(2)15(20)19-8-5-16-11-13(19)14-17-6-7-18(14)3;/h6-7,12-13,16H,4-5,8-11H2,1-3H3;1H. The molecule has 0 aliphatic carbocycles. The average molecular weight is 347 g/mol. The van der Waals surface area contributed by atoms with Crippen molar-refractivity contribution in [2.24, 2.45) is 7.05 Å². The van der Waals surface area contributed by atoms with Gasteiger partial charge in [0.1, 0.15) is 18.0 Å². The first-order valence-electron chi connectivity index (χ1n) is 7.83. The number of aryl methyl sites for hydroxylation is 1. The van der Waals surface area contributed by atoms with E-state index < -0.39 is 6.10 Å². The van der Waals surface area contributed by atoms with Crippen LogP contribution in [0.4, 0.5) is 0 Å². The molecule has 8 heteroatoms. The Bertz CT molecular complexity index is 483. The lowest BCUT2D eigenvalue weighted by molar-refractivity contribution is -0.147. The molecule has 1 N–H and O–H groups in total. The van der Waals surface area contributed by atoms with Gasteiger partial charge in [-0.1, -0.05) is 0 Å². The van der Waals surface area contributed by atoms with E-state index in [0.29, 0.717) is 32.9 Å². The van der Waals surface area contributed by atoms with Crippen LogP contribution in [0.5, 0.6) is 0 Å². The van der Waals surface area contributed by atoms with Crippen LogP contribution in [0.15, 0.2) is 12.4 Å². The van der Waals surface area contributed by atoms with Crippen LogP contribution in [-0.4, -0.2) is 65.9 Å². The summed E-state index contributed by atoms with van der Waals surface area (Å²) in [6, 6.07) is -0.0563. The zero-order valence-corrected chi connectivity index (χ0v) is 14.8. The zero-order chi connectivity index (χ0) is 15.9. The van der Waals surface area contributed by atoms with Crippen LogP contribution < -0.4 is 5.32 Å². The molecule has 2 heterocycles. The highest BCUT2D eigenvalue weighted by Gasteiger charge is 2.32. The van der Waals surface area contributed by atoms with Crippen LogP contribution >= 0.6 is 12.4 Å². The average Bonchev–Trinajstić information content (AvgIpc) is 2.96. The normalized spacial score (nSPS) is 19.3. The number of rotatable bonds is 7. The molecule has 2 unspecified atom stereocenters. The van der Waals surface area contributed by atoms with Gasteiger partial charge in [-0.3, -0.25) is 4.79 Å². The minimum Gasteiger partial charge on any atom is -0.379 e. The molecular formula is C15H27ClN4O3. The summed E-state index contributed by atoms with van der Waals surface area (Å²) in [6.45, 7) is 7.50. The Morgan fingerprint density at radius 3 is 2.96 bits per heavy atom. The lowest BCUT2D eigenvalue weighted by atomic mass is 10.1. The summed E-state index contributed by atoms with van der Waals surface area (Å²) >= 11 is 0. The Kier molecular flexibility index (Phi) is 8.54. The third-order valence-corrected chi connectivity index (χ3v) is 3.83. The van der Waals surface area contributed by atoms with E-state index >= 15 is 0 Å². The van der Waals surface area contributed by atoms with Crippen molar-refractivity contribution in [1.82, 2.24) is 19.8 Å². The predicted octanol–water partition coefficient (Wildman–Crippen LogP) is 0.756. The largest absolute Gasteiger partial charge is 0.379 e. The van der Waals surface area contributed by atoms with Crippen molar-refractivity contribution in [3.63, 3.8) is 0 Å². The van der Waals surface area contributed by atoms with Crippen molar-refractivity contribution in [3.05, 3.63) is 18.2 Å². The maximum absolute atomic E-state index is 12.7. The molecule has 23 heavy (non-hydrogen) atoms. The summed E-state index contributed by atoms with van der Waals surface area (Å²) < 4.78 is 12.8. The second-order valence-electron chi connectivity index (χ2n) is 5.36. The fourth-order valence-corrected chi connectivity index (χ4v) is 2.63. The molecule has 2 rings (SSSR count). The highest BCUT2D eigenvalue weighted by atomic mass is 35.5. The minimum absolute atomic E-state index is 0. The Hall–Kier alpha value is -1.15.